The van der Waals surface area contributed by atoms with Gasteiger partial charge < -0.3 is 0 Å². The molecule has 2 saturated carbocycles. The normalized spacial score (nSPS) is 27.3. The maximum Gasteiger partial charge on any atom is 3.00 e. The summed E-state index contributed by atoms with van der Waals surface area (Å²) in [5.74, 6) is 0.961. The van der Waals surface area contributed by atoms with Crippen molar-refractivity contribution < 1.29 is 45.9 Å². The maximum absolute atomic E-state index is 14.7. The van der Waals surface area contributed by atoms with Crippen LogP contribution in [0.2, 0.25) is 0 Å². The molecule has 2 fully saturated rings. The molecule has 0 radical (unpaired) electrons. The maximum atomic E-state index is 14.7. The van der Waals surface area contributed by atoms with Crippen molar-refractivity contribution in [1.82, 2.24) is 0 Å². The van der Waals surface area contributed by atoms with Gasteiger partial charge in [0.1, 0.15) is 5.82 Å². The summed E-state index contributed by atoms with van der Waals surface area (Å²) in [7, 11) is 0. The van der Waals surface area contributed by atoms with Crippen molar-refractivity contribution >= 4 is 0 Å². The van der Waals surface area contributed by atoms with Crippen LogP contribution in [-0.4, -0.2) is 0 Å². The molecule has 0 spiro atoms. The molecule has 29 heavy (non-hydrogen) atoms. The largest absolute Gasteiger partial charge is 3.00 e. The summed E-state index contributed by atoms with van der Waals surface area (Å²) in [4.78, 5) is 0. The molecular formula is C25H28F3Y+2. The average molecular weight is 474 g/mol. The minimum atomic E-state index is -0.811. The van der Waals surface area contributed by atoms with Gasteiger partial charge in [0, 0.05) is 11.6 Å². The standard InChI is InChI=1S/C25H28F3.Y/c1-16-2-4-17(5-3-16)18-6-8-19(9-7-18)20-10-11-24(25(28)14-20)21-12-22(26)15-23(27)13-21;/h10-14,16-19H,2-9H2,1H3;/q-1;+3. The number of hydrogen-bond donors (Lipinski definition) is 0. The first-order chi connectivity index (χ1) is 13.5. The summed E-state index contributed by atoms with van der Waals surface area (Å²) in [5.41, 5.74) is 1.47. The zero-order valence-electron chi connectivity index (χ0n) is 17.1. The van der Waals surface area contributed by atoms with Gasteiger partial charge in [-0.15, -0.1) is 23.8 Å². The molecule has 0 amide bonds. The molecule has 150 valence electrons. The van der Waals surface area contributed by atoms with Crippen LogP contribution in [-0.2, 0) is 32.7 Å². The first kappa shape index (κ1) is 23.0. The van der Waals surface area contributed by atoms with E-state index in [0.29, 0.717) is 5.92 Å². The quantitative estimate of drug-likeness (QED) is 0.401. The van der Waals surface area contributed by atoms with Gasteiger partial charge in [-0.1, -0.05) is 31.9 Å². The molecule has 0 nitrogen and oxygen atoms in total. The van der Waals surface area contributed by atoms with Gasteiger partial charge in [-0.05, 0) is 79.4 Å². The van der Waals surface area contributed by atoms with Gasteiger partial charge in [-0.2, -0.15) is 0 Å². The van der Waals surface area contributed by atoms with E-state index in [1.807, 2.05) is 12.1 Å². The van der Waals surface area contributed by atoms with Crippen LogP contribution in [0.5, 0.6) is 0 Å². The Morgan fingerprint density at radius 3 is 1.86 bits per heavy atom. The Bertz CT molecular complexity index is 799. The monoisotopic (exact) mass is 474 g/mol. The fraction of sp³-hybridized carbons (Fsp3) is 0.520. The molecule has 2 aliphatic rings. The van der Waals surface area contributed by atoms with E-state index in [1.165, 1.54) is 38.5 Å². The number of benzene rings is 2. The molecule has 0 bridgehead atoms. The topological polar surface area (TPSA) is 0 Å². The van der Waals surface area contributed by atoms with Crippen LogP contribution >= 0.6 is 0 Å². The summed E-state index contributed by atoms with van der Waals surface area (Å²) in [6.45, 7) is 2.36. The van der Waals surface area contributed by atoms with Crippen LogP contribution in [0, 0.1) is 41.3 Å². The molecule has 0 heterocycles. The predicted octanol–water partition coefficient (Wildman–Crippen LogP) is 7.67. The van der Waals surface area contributed by atoms with Gasteiger partial charge in [-0.3, -0.25) is 0 Å². The van der Waals surface area contributed by atoms with Crippen LogP contribution in [0.15, 0.2) is 30.3 Å². The summed E-state index contributed by atoms with van der Waals surface area (Å²) < 4.78 is 41.5. The van der Waals surface area contributed by atoms with E-state index in [4.69, 9.17) is 0 Å². The Kier molecular flexibility index (Phi) is 8.01. The molecule has 2 aromatic rings. The summed E-state index contributed by atoms with van der Waals surface area (Å²) in [5, 5.41) is 0. The van der Waals surface area contributed by atoms with E-state index in [-0.39, 0.29) is 43.8 Å². The van der Waals surface area contributed by atoms with Crippen molar-refractivity contribution in [2.24, 2.45) is 17.8 Å². The molecule has 4 heteroatoms. The molecule has 2 aromatic carbocycles. The van der Waals surface area contributed by atoms with E-state index in [2.05, 4.69) is 6.92 Å². The smallest absolute Gasteiger partial charge is 0.236 e. The van der Waals surface area contributed by atoms with Crippen LogP contribution in [0.25, 0.3) is 11.1 Å². The van der Waals surface area contributed by atoms with Crippen LogP contribution < -0.4 is 0 Å². The second kappa shape index (κ2) is 10.1. The van der Waals surface area contributed by atoms with E-state index in [1.54, 1.807) is 12.1 Å². The van der Waals surface area contributed by atoms with Crippen molar-refractivity contribution in [3.8, 4) is 11.1 Å². The fourth-order valence-corrected chi connectivity index (χ4v) is 5.36. The second-order valence-corrected chi connectivity index (χ2v) is 8.94. The van der Waals surface area contributed by atoms with Gasteiger partial charge in [0.15, 0.2) is 0 Å². The van der Waals surface area contributed by atoms with E-state index in [9.17, 15) is 13.2 Å². The predicted molar refractivity (Wildman–Crippen MR) is 106 cm³/mol. The number of rotatable bonds is 3. The zero-order chi connectivity index (χ0) is 19.7. The van der Waals surface area contributed by atoms with Gasteiger partial charge >= 0.3 is 32.7 Å². The second-order valence-electron chi connectivity index (χ2n) is 8.94. The third kappa shape index (κ3) is 5.53. The van der Waals surface area contributed by atoms with Crippen molar-refractivity contribution in [3.05, 3.63) is 59.4 Å². The summed E-state index contributed by atoms with van der Waals surface area (Å²) >= 11 is 0. The fourth-order valence-electron chi connectivity index (χ4n) is 5.36. The van der Waals surface area contributed by atoms with E-state index in [0.717, 1.165) is 48.3 Å². The molecule has 0 aliphatic heterocycles. The molecule has 0 unspecified atom stereocenters. The van der Waals surface area contributed by atoms with Crippen LogP contribution in [0.1, 0.15) is 69.8 Å². The molecule has 0 N–H and O–H groups in total. The third-order valence-corrected chi connectivity index (χ3v) is 7.08. The Morgan fingerprint density at radius 2 is 1.31 bits per heavy atom. The first-order valence-corrected chi connectivity index (χ1v) is 10.7. The molecular weight excluding hydrogens is 446 g/mol. The average Bonchev–Trinajstić information content (AvgIpc) is 2.68. The SMILES string of the molecule is CC1CCC(C2CCC(c3ccc(-c4cc(F)[c-]c(F)c4)c(F)c3)CC2)CC1.[Y+3]. The third-order valence-electron chi connectivity index (χ3n) is 7.08. The van der Waals surface area contributed by atoms with Gasteiger partial charge in [0.05, 0.1) is 0 Å². The molecule has 0 aromatic heterocycles. The minimum absolute atomic E-state index is 0. The van der Waals surface area contributed by atoms with E-state index < -0.39 is 17.5 Å². The summed E-state index contributed by atoms with van der Waals surface area (Å²) in [6.07, 6.45) is 10.2. The summed E-state index contributed by atoms with van der Waals surface area (Å²) in [6, 6.07) is 9.34. The van der Waals surface area contributed by atoms with Gasteiger partial charge in [0.25, 0.3) is 0 Å². The van der Waals surface area contributed by atoms with Crippen molar-refractivity contribution in [3.63, 3.8) is 0 Å². The van der Waals surface area contributed by atoms with Gasteiger partial charge in [0.2, 0.25) is 0 Å². The Hall–Kier alpha value is -0.666. The molecule has 0 saturated heterocycles. The van der Waals surface area contributed by atoms with Crippen molar-refractivity contribution in [1.29, 1.82) is 0 Å². The van der Waals surface area contributed by atoms with Crippen molar-refractivity contribution in [2.75, 3.05) is 0 Å². The van der Waals surface area contributed by atoms with Crippen LogP contribution in [0.3, 0.4) is 0 Å². The molecule has 4 rings (SSSR count). The minimum Gasteiger partial charge on any atom is -0.236 e. The van der Waals surface area contributed by atoms with Crippen molar-refractivity contribution in [2.45, 2.75) is 64.2 Å². The van der Waals surface area contributed by atoms with E-state index >= 15 is 0 Å². The van der Waals surface area contributed by atoms with Crippen LogP contribution in [0.4, 0.5) is 13.2 Å². The molecule has 2 aliphatic carbocycles. The molecule has 0 atom stereocenters. The Balaban J connectivity index is 0.00000240. The first-order valence-electron chi connectivity index (χ1n) is 10.7. The number of hydrogen-bond acceptors (Lipinski definition) is 0. The Labute approximate surface area is 197 Å². The zero-order valence-corrected chi connectivity index (χ0v) is 19.9. The van der Waals surface area contributed by atoms with Gasteiger partial charge in [-0.25, -0.2) is 13.2 Å². The number of halogens is 3. The Morgan fingerprint density at radius 1 is 0.759 bits per heavy atom.